The molecule has 8 heteroatoms. The van der Waals surface area contributed by atoms with Crippen LogP contribution in [0.5, 0.6) is 0 Å². The van der Waals surface area contributed by atoms with E-state index in [0.717, 1.165) is 45.3 Å². The predicted octanol–water partition coefficient (Wildman–Crippen LogP) is 4.78. The van der Waals surface area contributed by atoms with Crippen molar-refractivity contribution >= 4 is 34.7 Å². The molecule has 2 heterocycles. The van der Waals surface area contributed by atoms with Crippen molar-refractivity contribution in [2.45, 2.75) is 56.4 Å². The summed E-state index contributed by atoms with van der Waals surface area (Å²) < 4.78 is 0. The lowest BCUT2D eigenvalue weighted by Crippen LogP contribution is -2.15. The topological polar surface area (TPSA) is 83.6 Å². The maximum Gasteiger partial charge on any atom is 0.231 e. The Morgan fingerprint density at radius 2 is 2.10 bits per heavy atom. The van der Waals surface area contributed by atoms with E-state index in [-0.39, 0.29) is 12.3 Å². The molecule has 2 aromatic heterocycles. The summed E-state index contributed by atoms with van der Waals surface area (Å²) >= 11 is 3.10. The number of anilines is 1. The van der Waals surface area contributed by atoms with E-state index in [1.807, 2.05) is 36.6 Å². The van der Waals surface area contributed by atoms with E-state index < -0.39 is 0 Å². The SMILES string of the molecule is Cc1ccccc1NC(=O)Cc1nc(CSc2n[nH]c(CC3CCCC3)n2)cs1. The molecule has 0 unspecified atom stereocenters. The van der Waals surface area contributed by atoms with E-state index in [9.17, 15) is 4.79 Å². The number of nitrogens with one attached hydrogen (secondary N) is 2. The molecular weight excluding hydrogens is 402 g/mol. The summed E-state index contributed by atoms with van der Waals surface area (Å²) in [6.07, 6.45) is 6.59. The number of nitrogens with zero attached hydrogens (tertiary/aromatic N) is 3. The monoisotopic (exact) mass is 427 g/mol. The normalized spacial score (nSPS) is 14.4. The van der Waals surface area contributed by atoms with Gasteiger partial charge in [0.25, 0.3) is 0 Å². The highest BCUT2D eigenvalue weighted by molar-refractivity contribution is 7.98. The molecule has 29 heavy (non-hydrogen) atoms. The molecule has 3 aromatic rings. The van der Waals surface area contributed by atoms with Crippen LogP contribution in [0.1, 0.15) is 47.8 Å². The summed E-state index contributed by atoms with van der Waals surface area (Å²) in [5.74, 6) is 2.41. The maximum absolute atomic E-state index is 12.3. The van der Waals surface area contributed by atoms with Gasteiger partial charge in [0.2, 0.25) is 11.1 Å². The number of benzene rings is 1. The fourth-order valence-electron chi connectivity index (χ4n) is 3.60. The van der Waals surface area contributed by atoms with E-state index in [1.54, 1.807) is 11.8 Å². The summed E-state index contributed by atoms with van der Waals surface area (Å²) in [5.41, 5.74) is 2.86. The number of H-pyrrole nitrogens is 1. The third-order valence-electron chi connectivity index (χ3n) is 5.15. The van der Waals surface area contributed by atoms with Crippen LogP contribution in [0.4, 0.5) is 5.69 Å². The van der Waals surface area contributed by atoms with Crippen molar-refractivity contribution in [3.8, 4) is 0 Å². The number of thiazole rings is 1. The molecule has 1 aromatic carbocycles. The summed E-state index contributed by atoms with van der Waals surface area (Å²) in [7, 11) is 0. The molecule has 0 aliphatic heterocycles. The van der Waals surface area contributed by atoms with Gasteiger partial charge in [-0.3, -0.25) is 9.89 Å². The Kier molecular flexibility index (Phi) is 6.61. The van der Waals surface area contributed by atoms with Gasteiger partial charge in [0.05, 0.1) is 12.1 Å². The third kappa shape index (κ3) is 5.67. The van der Waals surface area contributed by atoms with E-state index in [2.05, 4.69) is 25.5 Å². The quantitative estimate of drug-likeness (QED) is 0.506. The highest BCUT2D eigenvalue weighted by atomic mass is 32.2. The lowest BCUT2D eigenvalue weighted by Gasteiger charge is -2.06. The Balaban J connectivity index is 1.25. The summed E-state index contributed by atoms with van der Waals surface area (Å²) in [6, 6.07) is 7.77. The number of carbonyl (C=O) groups excluding carboxylic acids is 1. The van der Waals surface area contributed by atoms with Gasteiger partial charge in [-0.1, -0.05) is 55.6 Å². The van der Waals surface area contributed by atoms with Gasteiger partial charge in [0.15, 0.2) is 0 Å². The number of aromatic nitrogens is 4. The van der Waals surface area contributed by atoms with Gasteiger partial charge < -0.3 is 5.32 Å². The molecule has 1 saturated carbocycles. The summed E-state index contributed by atoms with van der Waals surface area (Å²) in [5, 5.41) is 14.0. The fraction of sp³-hybridized carbons (Fsp3) is 0.429. The second-order valence-electron chi connectivity index (χ2n) is 7.48. The Morgan fingerprint density at radius 1 is 1.28 bits per heavy atom. The Morgan fingerprint density at radius 3 is 2.93 bits per heavy atom. The Bertz CT molecular complexity index is 961. The first kappa shape index (κ1) is 20.1. The van der Waals surface area contributed by atoms with Crippen molar-refractivity contribution < 1.29 is 4.79 Å². The number of aryl methyl sites for hydroxylation is 1. The third-order valence-corrected chi connectivity index (χ3v) is 6.93. The van der Waals surface area contributed by atoms with Gasteiger partial charge >= 0.3 is 0 Å². The maximum atomic E-state index is 12.3. The number of carbonyl (C=O) groups is 1. The molecule has 1 aliphatic rings. The highest BCUT2D eigenvalue weighted by Gasteiger charge is 2.17. The van der Waals surface area contributed by atoms with Crippen molar-refractivity contribution in [3.63, 3.8) is 0 Å². The number of hydrogen-bond acceptors (Lipinski definition) is 6. The molecule has 0 radical (unpaired) electrons. The number of thioether (sulfide) groups is 1. The van der Waals surface area contributed by atoms with Crippen LogP contribution in [-0.4, -0.2) is 26.1 Å². The molecule has 6 nitrogen and oxygen atoms in total. The highest BCUT2D eigenvalue weighted by Crippen LogP contribution is 2.28. The molecule has 1 amide bonds. The smallest absolute Gasteiger partial charge is 0.231 e. The van der Waals surface area contributed by atoms with Crippen molar-refractivity contribution in [1.82, 2.24) is 20.2 Å². The first-order chi connectivity index (χ1) is 14.2. The summed E-state index contributed by atoms with van der Waals surface area (Å²) in [4.78, 5) is 21.5. The predicted molar refractivity (Wildman–Crippen MR) is 117 cm³/mol. The number of para-hydroxylation sites is 1. The number of aromatic amines is 1. The van der Waals surface area contributed by atoms with Crippen LogP contribution in [0.3, 0.4) is 0 Å². The van der Waals surface area contributed by atoms with E-state index in [0.29, 0.717) is 5.75 Å². The van der Waals surface area contributed by atoms with E-state index in [4.69, 9.17) is 0 Å². The zero-order chi connectivity index (χ0) is 20.1. The minimum atomic E-state index is -0.0432. The lowest BCUT2D eigenvalue weighted by atomic mass is 10.0. The molecule has 1 fully saturated rings. The minimum absolute atomic E-state index is 0.0432. The van der Waals surface area contributed by atoms with Crippen molar-refractivity contribution in [2.75, 3.05) is 5.32 Å². The molecule has 2 N–H and O–H groups in total. The average molecular weight is 428 g/mol. The van der Waals surface area contributed by atoms with Crippen LogP contribution in [0, 0.1) is 12.8 Å². The number of hydrogen-bond donors (Lipinski definition) is 2. The average Bonchev–Trinajstić information content (AvgIpc) is 3.45. The molecule has 152 valence electrons. The van der Waals surface area contributed by atoms with Crippen molar-refractivity contribution in [1.29, 1.82) is 0 Å². The van der Waals surface area contributed by atoms with E-state index in [1.165, 1.54) is 37.0 Å². The molecule has 4 rings (SSSR count). The van der Waals surface area contributed by atoms with Crippen molar-refractivity contribution in [3.05, 3.63) is 51.7 Å². The van der Waals surface area contributed by atoms with Gasteiger partial charge in [-0.05, 0) is 24.5 Å². The Hall–Kier alpha value is -2.19. The van der Waals surface area contributed by atoms with Crippen LogP contribution in [0.15, 0.2) is 34.8 Å². The van der Waals surface area contributed by atoms with Gasteiger partial charge in [0.1, 0.15) is 10.8 Å². The largest absolute Gasteiger partial charge is 0.325 e. The zero-order valence-electron chi connectivity index (χ0n) is 16.5. The van der Waals surface area contributed by atoms with Crippen molar-refractivity contribution in [2.24, 2.45) is 5.92 Å². The van der Waals surface area contributed by atoms with Crippen LogP contribution in [0.2, 0.25) is 0 Å². The second kappa shape index (κ2) is 9.54. The van der Waals surface area contributed by atoms with Crippen LogP contribution in [-0.2, 0) is 23.4 Å². The molecular formula is C21H25N5OS2. The standard InChI is InChI=1S/C21H25N5OS2/c1-14-6-2-5-9-17(14)23-19(27)11-20-22-16(12-28-20)13-29-21-24-18(25-26-21)10-15-7-3-4-8-15/h2,5-6,9,12,15H,3-4,7-8,10-11,13H2,1H3,(H,23,27)(H,24,25,26). The number of rotatable bonds is 8. The molecule has 0 bridgehead atoms. The first-order valence-corrected chi connectivity index (χ1v) is 11.8. The molecule has 1 aliphatic carbocycles. The molecule has 0 atom stereocenters. The fourth-order valence-corrected chi connectivity index (χ4v) is 5.21. The number of amides is 1. The Labute approximate surface area is 179 Å². The van der Waals surface area contributed by atoms with Gasteiger partial charge in [-0.25, -0.2) is 9.97 Å². The lowest BCUT2D eigenvalue weighted by molar-refractivity contribution is -0.115. The van der Waals surface area contributed by atoms with Gasteiger partial charge in [-0.15, -0.1) is 16.4 Å². The van der Waals surface area contributed by atoms with Crippen LogP contribution >= 0.6 is 23.1 Å². The molecule has 0 saturated heterocycles. The van der Waals surface area contributed by atoms with Crippen LogP contribution in [0.25, 0.3) is 0 Å². The van der Waals surface area contributed by atoms with Gasteiger partial charge in [-0.2, -0.15) is 0 Å². The van der Waals surface area contributed by atoms with E-state index >= 15 is 0 Å². The molecule has 0 spiro atoms. The summed E-state index contributed by atoms with van der Waals surface area (Å²) in [6.45, 7) is 1.98. The zero-order valence-corrected chi connectivity index (χ0v) is 18.1. The van der Waals surface area contributed by atoms with Gasteiger partial charge in [0, 0.05) is 23.2 Å². The second-order valence-corrected chi connectivity index (χ2v) is 9.37. The first-order valence-electron chi connectivity index (χ1n) is 9.98. The minimum Gasteiger partial charge on any atom is -0.325 e. The van der Waals surface area contributed by atoms with Crippen LogP contribution < -0.4 is 5.32 Å².